The van der Waals surface area contributed by atoms with Gasteiger partial charge in [-0.25, -0.2) is 0 Å². The zero-order valence-electron chi connectivity index (χ0n) is 11.1. The molecule has 2 aromatic rings. The standard InChI is InChI=1S/C16H20N2/c1-3-14-12(2)5-4-6-15(14)16(17)11-13-7-9-18-10-8-13/h4-10,16H,3,11,17H2,1-2H3. The molecule has 1 unspecified atom stereocenters. The van der Waals surface area contributed by atoms with E-state index in [9.17, 15) is 0 Å². The summed E-state index contributed by atoms with van der Waals surface area (Å²) in [6.07, 6.45) is 5.53. The highest BCUT2D eigenvalue weighted by atomic mass is 14.6. The van der Waals surface area contributed by atoms with Crippen molar-refractivity contribution < 1.29 is 0 Å². The molecule has 0 aliphatic carbocycles. The summed E-state index contributed by atoms with van der Waals surface area (Å²) < 4.78 is 0. The lowest BCUT2D eigenvalue weighted by Crippen LogP contribution is -2.16. The van der Waals surface area contributed by atoms with Crippen molar-refractivity contribution in [3.05, 3.63) is 65.0 Å². The maximum Gasteiger partial charge on any atom is 0.0338 e. The number of rotatable bonds is 4. The smallest absolute Gasteiger partial charge is 0.0338 e. The molecule has 2 rings (SSSR count). The normalized spacial score (nSPS) is 12.4. The van der Waals surface area contributed by atoms with Crippen molar-refractivity contribution in [2.24, 2.45) is 5.73 Å². The zero-order chi connectivity index (χ0) is 13.0. The molecular formula is C16H20N2. The Morgan fingerprint density at radius 1 is 1.17 bits per heavy atom. The minimum absolute atomic E-state index is 0.0576. The number of hydrogen-bond donors (Lipinski definition) is 1. The summed E-state index contributed by atoms with van der Waals surface area (Å²) in [4.78, 5) is 4.03. The molecule has 0 fully saturated rings. The van der Waals surface area contributed by atoms with Gasteiger partial charge in [0.2, 0.25) is 0 Å². The van der Waals surface area contributed by atoms with E-state index in [0.717, 1.165) is 12.8 Å². The molecule has 0 saturated carbocycles. The van der Waals surface area contributed by atoms with Gasteiger partial charge in [-0.05, 0) is 54.2 Å². The third kappa shape index (κ3) is 2.77. The summed E-state index contributed by atoms with van der Waals surface area (Å²) in [5.74, 6) is 0. The van der Waals surface area contributed by atoms with Crippen LogP contribution >= 0.6 is 0 Å². The molecule has 2 nitrogen and oxygen atoms in total. The Kier molecular flexibility index (Phi) is 4.11. The highest BCUT2D eigenvalue weighted by Crippen LogP contribution is 2.23. The largest absolute Gasteiger partial charge is 0.324 e. The summed E-state index contributed by atoms with van der Waals surface area (Å²) in [6, 6.07) is 10.5. The molecule has 1 aromatic carbocycles. The van der Waals surface area contributed by atoms with Crippen LogP contribution in [0.25, 0.3) is 0 Å². The van der Waals surface area contributed by atoms with E-state index in [1.807, 2.05) is 24.5 Å². The predicted octanol–water partition coefficient (Wildman–Crippen LogP) is 3.19. The molecule has 94 valence electrons. The number of pyridine rings is 1. The van der Waals surface area contributed by atoms with Gasteiger partial charge < -0.3 is 5.73 Å². The van der Waals surface area contributed by atoms with E-state index in [1.54, 1.807) is 0 Å². The van der Waals surface area contributed by atoms with E-state index in [-0.39, 0.29) is 6.04 Å². The molecule has 1 aromatic heterocycles. The molecule has 0 radical (unpaired) electrons. The molecular weight excluding hydrogens is 220 g/mol. The molecule has 0 aliphatic rings. The lowest BCUT2D eigenvalue weighted by molar-refractivity contribution is 0.710. The van der Waals surface area contributed by atoms with Gasteiger partial charge in [-0.15, -0.1) is 0 Å². The summed E-state index contributed by atoms with van der Waals surface area (Å²) >= 11 is 0. The van der Waals surface area contributed by atoms with Crippen LogP contribution in [-0.4, -0.2) is 4.98 Å². The highest BCUT2D eigenvalue weighted by Gasteiger charge is 2.12. The van der Waals surface area contributed by atoms with E-state index < -0.39 is 0 Å². The second kappa shape index (κ2) is 5.78. The van der Waals surface area contributed by atoms with Gasteiger partial charge >= 0.3 is 0 Å². The molecule has 2 heteroatoms. The summed E-state index contributed by atoms with van der Waals surface area (Å²) in [6.45, 7) is 4.34. The fourth-order valence-electron chi connectivity index (χ4n) is 2.44. The van der Waals surface area contributed by atoms with Crippen molar-refractivity contribution >= 4 is 0 Å². The Balaban J connectivity index is 2.24. The average molecular weight is 240 g/mol. The molecule has 18 heavy (non-hydrogen) atoms. The number of benzene rings is 1. The van der Waals surface area contributed by atoms with E-state index in [0.29, 0.717) is 0 Å². The van der Waals surface area contributed by atoms with Crippen molar-refractivity contribution in [3.8, 4) is 0 Å². The molecule has 0 amide bonds. The molecule has 0 aliphatic heterocycles. The molecule has 1 atom stereocenters. The van der Waals surface area contributed by atoms with E-state index in [4.69, 9.17) is 5.73 Å². The average Bonchev–Trinajstić information content (AvgIpc) is 2.39. The third-order valence-corrected chi connectivity index (χ3v) is 3.40. The molecule has 1 heterocycles. The van der Waals surface area contributed by atoms with Crippen LogP contribution in [0.1, 0.15) is 35.2 Å². The van der Waals surface area contributed by atoms with Crippen molar-refractivity contribution in [2.45, 2.75) is 32.7 Å². The highest BCUT2D eigenvalue weighted by molar-refractivity contribution is 5.37. The van der Waals surface area contributed by atoms with Crippen LogP contribution in [0.15, 0.2) is 42.7 Å². The number of aromatic nitrogens is 1. The van der Waals surface area contributed by atoms with Crippen LogP contribution in [-0.2, 0) is 12.8 Å². The predicted molar refractivity (Wildman–Crippen MR) is 75.4 cm³/mol. The summed E-state index contributed by atoms with van der Waals surface area (Å²) in [5.41, 5.74) is 11.6. The third-order valence-electron chi connectivity index (χ3n) is 3.40. The topological polar surface area (TPSA) is 38.9 Å². The number of nitrogens with zero attached hydrogens (tertiary/aromatic N) is 1. The second-order valence-electron chi connectivity index (χ2n) is 4.66. The zero-order valence-corrected chi connectivity index (χ0v) is 11.1. The minimum Gasteiger partial charge on any atom is -0.324 e. The van der Waals surface area contributed by atoms with Crippen molar-refractivity contribution in [3.63, 3.8) is 0 Å². The monoisotopic (exact) mass is 240 g/mol. The number of aryl methyl sites for hydroxylation is 1. The maximum atomic E-state index is 6.35. The Morgan fingerprint density at radius 3 is 2.56 bits per heavy atom. The maximum absolute atomic E-state index is 6.35. The Hall–Kier alpha value is -1.67. The first-order valence-electron chi connectivity index (χ1n) is 6.45. The van der Waals surface area contributed by atoms with Crippen molar-refractivity contribution in [2.75, 3.05) is 0 Å². The minimum atomic E-state index is 0.0576. The SMILES string of the molecule is CCc1c(C)cccc1C(N)Cc1ccncc1. The van der Waals surface area contributed by atoms with Gasteiger partial charge in [0.1, 0.15) is 0 Å². The Labute approximate surface area is 109 Å². The first-order chi connectivity index (χ1) is 8.72. The van der Waals surface area contributed by atoms with Crippen molar-refractivity contribution in [1.29, 1.82) is 0 Å². The summed E-state index contributed by atoms with van der Waals surface area (Å²) in [5, 5.41) is 0. The van der Waals surface area contributed by atoms with Crippen LogP contribution in [0.2, 0.25) is 0 Å². The van der Waals surface area contributed by atoms with Gasteiger partial charge in [0.25, 0.3) is 0 Å². The second-order valence-corrected chi connectivity index (χ2v) is 4.66. The number of nitrogens with two attached hydrogens (primary N) is 1. The van der Waals surface area contributed by atoms with Gasteiger partial charge in [0.15, 0.2) is 0 Å². The van der Waals surface area contributed by atoms with E-state index >= 15 is 0 Å². The summed E-state index contributed by atoms with van der Waals surface area (Å²) in [7, 11) is 0. The van der Waals surface area contributed by atoms with Crippen LogP contribution in [0.5, 0.6) is 0 Å². The van der Waals surface area contributed by atoms with Gasteiger partial charge in [-0.2, -0.15) is 0 Å². The van der Waals surface area contributed by atoms with Gasteiger partial charge in [0, 0.05) is 18.4 Å². The van der Waals surface area contributed by atoms with Gasteiger partial charge in [-0.1, -0.05) is 25.1 Å². The Morgan fingerprint density at radius 2 is 1.89 bits per heavy atom. The Bertz CT molecular complexity index is 506. The van der Waals surface area contributed by atoms with Crippen LogP contribution in [0.3, 0.4) is 0 Å². The first-order valence-corrected chi connectivity index (χ1v) is 6.45. The van der Waals surface area contributed by atoms with Gasteiger partial charge in [-0.3, -0.25) is 4.98 Å². The first kappa shape index (κ1) is 12.8. The number of hydrogen-bond acceptors (Lipinski definition) is 2. The van der Waals surface area contributed by atoms with Gasteiger partial charge in [0.05, 0.1) is 0 Å². The lowest BCUT2D eigenvalue weighted by Gasteiger charge is -2.17. The van der Waals surface area contributed by atoms with E-state index in [1.165, 1.54) is 22.3 Å². The molecule has 0 spiro atoms. The van der Waals surface area contributed by atoms with Crippen molar-refractivity contribution in [1.82, 2.24) is 4.98 Å². The lowest BCUT2D eigenvalue weighted by atomic mass is 9.92. The molecule has 2 N–H and O–H groups in total. The van der Waals surface area contributed by atoms with E-state index in [2.05, 4.69) is 37.0 Å². The quantitative estimate of drug-likeness (QED) is 0.891. The molecule has 0 saturated heterocycles. The fraction of sp³-hybridized carbons (Fsp3) is 0.312. The fourth-order valence-corrected chi connectivity index (χ4v) is 2.44. The van der Waals surface area contributed by atoms with Crippen LogP contribution in [0.4, 0.5) is 0 Å². The molecule has 0 bridgehead atoms. The van der Waals surface area contributed by atoms with Crippen LogP contribution < -0.4 is 5.73 Å². The van der Waals surface area contributed by atoms with Crippen LogP contribution in [0, 0.1) is 6.92 Å².